The van der Waals surface area contributed by atoms with Gasteiger partial charge in [0.1, 0.15) is 13.1 Å². The number of rotatable bonds is 7. The number of hydrogen-bond donors (Lipinski definition) is 3. The monoisotopic (exact) mass is 310 g/mol. The summed E-state index contributed by atoms with van der Waals surface area (Å²) in [5.74, 6) is -1.74. The number of nitrogens with one attached hydrogen (secondary N) is 1. The molecule has 0 aromatic rings. The Morgan fingerprint density at radius 3 is 2.30 bits per heavy atom. The fourth-order valence-corrected chi connectivity index (χ4v) is 1.24. The van der Waals surface area contributed by atoms with Gasteiger partial charge >= 0.3 is 5.97 Å². The lowest BCUT2D eigenvalue weighted by Crippen LogP contribution is -2.49. The number of nitrogens with two attached hydrogens (primary N) is 2. The molecule has 20 heavy (non-hydrogen) atoms. The van der Waals surface area contributed by atoms with Gasteiger partial charge in [-0.25, -0.2) is 0 Å². The largest absolute Gasteiger partial charge is 0.460 e. The molecule has 0 saturated heterocycles. The Balaban J connectivity index is 0. The SMILES string of the molecule is Cl.[2H]N[C@@H](C)C(=O)N[C@@H](CCC(=O)OC(C)(C)C)C(N)=O. The highest BCUT2D eigenvalue weighted by Crippen LogP contribution is 2.10. The summed E-state index contributed by atoms with van der Waals surface area (Å²) in [6.07, 6.45) is 0.0224. The van der Waals surface area contributed by atoms with Gasteiger partial charge < -0.3 is 21.5 Å². The maximum atomic E-state index is 11.5. The van der Waals surface area contributed by atoms with Crippen molar-refractivity contribution in [2.75, 3.05) is 0 Å². The van der Waals surface area contributed by atoms with Crippen molar-refractivity contribution in [3.05, 3.63) is 0 Å². The van der Waals surface area contributed by atoms with Crippen LogP contribution in [0.25, 0.3) is 0 Å². The van der Waals surface area contributed by atoms with Crippen molar-refractivity contribution < 1.29 is 20.5 Å². The Kier molecular flexibility index (Phi) is 8.17. The summed E-state index contributed by atoms with van der Waals surface area (Å²) in [5, 5.41) is 2.38. The molecule has 0 radical (unpaired) electrons. The van der Waals surface area contributed by atoms with Crippen molar-refractivity contribution in [1.29, 1.82) is 0 Å². The van der Waals surface area contributed by atoms with Crippen LogP contribution in [0.5, 0.6) is 0 Å². The van der Waals surface area contributed by atoms with Crippen LogP contribution >= 0.6 is 12.4 Å². The summed E-state index contributed by atoms with van der Waals surface area (Å²) in [5.41, 5.74) is 6.56. The first-order valence-electron chi connectivity index (χ1n) is 6.55. The minimum absolute atomic E-state index is 0. The second-order valence-corrected chi connectivity index (χ2v) is 5.31. The Labute approximate surface area is 126 Å². The van der Waals surface area contributed by atoms with E-state index in [9.17, 15) is 14.4 Å². The Hall–Kier alpha value is -1.34. The summed E-state index contributed by atoms with van der Waals surface area (Å²) in [6.45, 7) is 6.67. The van der Waals surface area contributed by atoms with Crippen LogP contribution in [-0.2, 0) is 19.1 Å². The molecule has 118 valence electrons. The number of hydrogen-bond acceptors (Lipinski definition) is 5. The van der Waals surface area contributed by atoms with Crippen LogP contribution in [-0.4, -0.2) is 35.5 Å². The molecule has 5 N–H and O–H groups in total. The van der Waals surface area contributed by atoms with E-state index in [-0.39, 0.29) is 25.2 Å². The third kappa shape index (κ3) is 9.57. The van der Waals surface area contributed by atoms with Gasteiger partial charge in [-0.15, -0.1) is 12.4 Å². The van der Waals surface area contributed by atoms with Gasteiger partial charge in [-0.1, -0.05) is 0 Å². The molecule has 7 nitrogen and oxygen atoms in total. The average molecular weight is 311 g/mol. The number of primary amides is 1. The van der Waals surface area contributed by atoms with E-state index in [0.717, 1.165) is 0 Å². The van der Waals surface area contributed by atoms with Crippen LogP contribution < -0.4 is 16.8 Å². The molecule has 0 fully saturated rings. The average Bonchev–Trinajstić information content (AvgIpc) is 2.30. The lowest BCUT2D eigenvalue weighted by atomic mass is 10.1. The first-order chi connectivity index (χ1) is 9.06. The normalized spacial score (nSPS) is 14.3. The van der Waals surface area contributed by atoms with Gasteiger partial charge in [0.15, 0.2) is 0 Å². The van der Waals surface area contributed by atoms with E-state index in [0.29, 0.717) is 0 Å². The molecule has 0 saturated carbocycles. The minimum atomic E-state index is -0.967. The molecule has 0 bridgehead atoms. The van der Waals surface area contributed by atoms with Crippen molar-refractivity contribution in [3.63, 3.8) is 0 Å². The van der Waals surface area contributed by atoms with E-state index in [1.807, 2.05) is 5.73 Å². The standard InChI is InChI=1S/C12H23N3O4.ClH/c1-7(13)11(18)15-8(10(14)17)5-6-9(16)19-12(2,3)4;/h7-8H,5-6,13H2,1-4H3,(H2,14,17)(H,15,18);1H/t7-,8-;/m0./s1/i/hD. The van der Waals surface area contributed by atoms with Gasteiger partial charge in [-0.2, -0.15) is 0 Å². The van der Waals surface area contributed by atoms with Crippen LogP contribution in [0.3, 0.4) is 0 Å². The van der Waals surface area contributed by atoms with Crippen molar-refractivity contribution in [1.82, 2.24) is 5.32 Å². The molecule has 0 spiro atoms. The van der Waals surface area contributed by atoms with Crippen molar-refractivity contribution in [3.8, 4) is 0 Å². The number of ether oxygens (including phenoxy) is 1. The maximum absolute atomic E-state index is 11.5. The molecule has 0 aromatic heterocycles. The number of amides is 2. The van der Waals surface area contributed by atoms with Gasteiger partial charge in [0.05, 0.1) is 6.04 Å². The molecule has 2 atom stereocenters. The fraction of sp³-hybridized carbons (Fsp3) is 0.750. The van der Waals surface area contributed by atoms with Crippen LogP contribution in [0.1, 0.15) is 40.5 Å². The number of halogens is 1. The zero-order valence-electron chi connectivity index (χ0n) is 13.2. The highest BCUT2D eigenvalue weighted by molar-refractivity contribution is 5.89. The molecular formula is C12H24ClN3O4. The summed E-state index contributed by atoms with van der Waals surface area (Å²) in [4.78, 5) is 34.3. The molecule has 0 unspecified atom stereocenters. The molecule has 0 heterocycles. The van der Waals surface area contributed by atoms with Crippen LogP contribution in [0.2, 0.25) is 1.41 Å². The van der Waals surface area contributed by atoms with Crippen LogP contribution in [0.15, 0.2) is 0 Å². The second-order valence-electron chi connectivity index (χ2n) is 5.31. The van der Waals surface area contributed by atoms with E-state index in [1.165, 1.54) is 6.92 Å². The quantitative estimate of drug-likeness (QED) is 0.564. The van der Waals surface area contributed by atoms with E-state index in [2.05, 4.69) is 5.32 Å². The van der Waals surface area contributed by atoms with Crippen LogP contribution in [0, 0.1) is 0 Å². The van der Waals surface area contributed by atoms with E-state index < -0.39 is 35.5 Å². The molecule has 0 rings (SSSR count). The van der Waals surface area contributed by atoms with Crippen LogP contribution in [0.4, 0.5) is 0 Å². The van der Waals surface area contributed by atoms with Crippen molar-refractivity contribution >= 4 is 30.2 Å². The van der Waals surface area contributed by atoms with Gasteiger partial charge in [0.2, 0.25) is 11.8 Å². The first kappa shape index (κ1) is 18.7. The van der Waals surface area contributed by atoms with Gasteiger partial charge in [-0.3, -0.25) is 14.4 Å². The maximum Gasteiger partial charge on any atom is 0.306 e. The lowest BCUT2D eigenvalue weighted by molar-refractivity contribution is -0.155. The van der Waals surface area contributed by atoms with E-state index in [4.69, 9.17) is 11.9 Å². The third-order valence-electron chi connectivity index (χ3n) is 2.11. The highest BCUT2D eigenvalue weighted by Gasteiger charge is 2.22. The third-order valence-corrected chi connectivity index (χ3v) is 2.11. The summed E-state index contributed by atoms with van der Waals surface area (Å²) in [6, 6.07) is -1.75. The topological polar surface area (TPSA) is 125 Å². The second kappa shape index (κ2) is 8.76. The molecular weight excluding hydrogens is 286 g/mol. The first-order valence-corrected chi connectivity index (χ1v) is 6.05. The summed E-state index contributed by atoms with van der Waals surface area (Å²) < 4.78 is 12.0. The Morgan fingerprint density at radius 1 is 1.35 bits per heavy atom. The van der Waals surface area contributed by atoms with Gasteiger partial charge in [-0.05, 0) is 34.1 Å². The zero-order valence-corrected chi connectivity index (χ0v) is 13.0. The molecule has 2 amide bonds. The molecule has 8 heteroatoms. The Bertz CT molecular complexity index is 374. The van der Waals surface area contributed by atoms with E-state index in [1.54, 1.807) is 20.8 Å². The molecule has 0 aromatic carbocycles. The molecule has 0 aliphatic rings. The number of carbonyl (C=O) groups excluding carboxylic acids is 3. The predicted molar refractivity (Wildman–Crippen MR) is 77.1 cm³/mol. The van der Waals surface area contributed by atoms with Crippen molar-refractivity contribution in [2.24, 2.45) is 11.5 Å². The molecule has 0 aliphatic carbocycles. The highest BCUT2D eigenvalue weighted by atomic mass is 35.5. The van der Waals surface area contributed by atoms with Gasteiger partial charge in [0.25, 0.3) is 0 Å². The van der Waals surface area contributed by atoms with E-state index >= 15 is 0 Å². The van der Waals surface area contributed by atoms with Gasteiger partial charge in [0, 0.05) is 6.42 Å². The number of carbonyl (C=O) groups is 3. The van der Waals surface area contributed by atoms with Crippen molar-refractivity contribution in [2.45, 2.75) is 58.2 Å². The Morgan fingerprint density at radius 2 is 1.90 bits per heavy atom. The lowest BCUT2D eigenvalue weighted by Gasteiger charge is -2.21. The number of esters is 1. The minimum Gasteiger partial charge on any atom is -0.460 e. The smallest absolute Gasteiger partial charge is 0.306 e. The molecule has 0 aliphatic heterocycles. The predicted octanol–water partition coefficient (Wildman–Crippen LogP) is -0.153. The summed E-state index contributed by atoms with van der Waals surface area (Å²) in [7, 11) is 0. The fourth-order valence-electron chi connectivity index (χ4n) is 1.24. The summed E-state index contributed by atoms with van der Waals surface area (Å²) >= 11 is 0. The zero-order chi connectivity index (χ0) is 15.9.